The van der Waals surface area contributed by atoms with Crippen molar-refractivity contribution in [2.45, 2.75) is 0 Å². The van der Waals surface area contributed by atoms with Crippen LogP contribution in [0.15, 0.2) is 60.7 Å². The molecule has 0 saturated carbocycles. The van der Waals surface area contributed by atoms with Gasteiger partial charge in [-0.25, -0.2) is 0 Å². The maximum atomic E-state index is 6.32. The minimum Gasteiger partial charge on any atom is -0.0824 e. The van der Waals surface area contributed by atoms with Gasteiger partial charge in [0, 0.05) is 4.48 Å². The van der Waals surface area contributed by atoms with Crippen molar-refractivity contribution in [1.29, 1.82) is 0 Å². The molecule has 0 aliphatic rings. The number of hydrogen-bond donors (Lipinski definition) is 0. The first-order valence-electron chi connectivity index (χ1n) is 4.95. The molecule has 0 aliphatic carbocycles. The Bertz CT molecular complexity index is 441. The van der Waals surface area contributed by atoms with E-state index in [1.165, 1.54) is 0 Å². The molecule has 0 spiro atoms. The molecule has 0 radical (unpaired) electrons. The number of halogens is 2. The Balaban J connectivity index is 2.43. The number of hydrogen-bond acceptors (Lipinski definition) is 0. The zero-order chi connectivity index (χ0) is 11.4. The third kappa shape index (κ3) is 2.55. The summed E-state index contributed by atoms with van der Waals surface area (Å²) in [5.41, 5.74) is 2.09. The second kappa shape index (κ2) is 5.33. The zero-order valence-electron chi connectivity index (χ0n) is 8.53. The third-order valence-electron chi connectivity index (χ3n) is 2.25. The lowest BCUT2D eigenvalue weighted by molar-refractivity contribution is 1.63. The van der Waals surface area contributed by atoms with E-state index in [9.17, 15) is 0 Å². The van der Waals surface area contributed by atoms with Crippen molar-refractivity contribution in [2.75, 3.05) is 0 Å². The second-order valence-corrected chi connectivity index (χ2v) is 4.53. The SMILES string of the molecule is Cl/C(=C(/Br)c1ccccc1)c1ccccc1. The van der Waals surface area contributed by atoms with Crippen LogP contribution >= 0.6 is 27.5 Å². The molecule has 80 valence electrons. The van der Waals surface area contributed by atoms with Crippen LogP contribution < -0.4 is 0 Å². The lowest BCUT2D eigenvalue weighted by Gasteiger charge is -2.04. The molecule has 0 nitrogen and oxygen atoms in total. The normalized spacial score (nSPS) is 12.1. The summed E-state index contributed by atoms with van der Waals surface area (Å²) in [4.78, 5) is 0. The van der Waals surface area contributed by atoms with Crippen molar-refractivity contribution in [2.24, 2.45) is 0 Å². The van der Waals surface area contributed by atoms with E-state index in [2.05, 4.69) is 15.9 Å². The van der Waals surface area contributed by atoms with E-state index in [4.69, 9.17) is 11.6 Å². The van der Waals surface area contributed by atoms with Gasteiger partial charge in [-0.3, -0.25) is 0 Å². The maximum absolute atomic E-state index is 6.32. The van der Waals surface area contributed by atoms with Gasteiger partial charge < -0.3 is 0 Å². The van der Waals surface area contributed by atoms with Gasteiger partial charge in [0.05, 0.1) is 5.03 Å². The molecule has 0 bridgehead atoms. The standard InChI is InChI=1S/C14H10BrCl/c15-13(11-7-3-1-4-8-11)14(16)12-9-5-2-6-10-12/h1-10H/b14-13+. The summed E-state index contributed by atoms with van der Waals surface area (Å²) in [5.74, 6) is 0. The van der Waals surface area contributed by atoms with Gasteiger partial charge in [0.25, 0.3) is 0 Å². The highest BCUT2D eigenvalue weighted by Crippen LogP contribution is 2.33. The van der Waals surface area contributed by atoms with E-state index >= 15 is 0 Å². The first kappa shape index (κ1) is 11.4. The first-order chi connectivity index (χ1) is 7.79. The summed E-state index contributed by atoms with van der Waals surface area (Å²) in [6.07, 6.45) is 0. The predicted molar refractivity (Wildman–Crippen MR) is 74.5 cm³/mol. The highest BCUT2D eigenvalue weighted by atomic mass is 79.9. The van der Waals surface area contributed by atoms with Gasteiger partial charge in [-0.2, -0.15) is 0 Å². The van der Waals surface area contributed by atoms with Gasteiger partial charge in [0.15, 0.2) is 0 Å². The summed E-state index contributed by atoms with van der Waals surface area (Å²) in [5, 5.41) is 0.729. The van der Waals surface area contributed by atoms with Crippen molar-refractivity contribution in [3.8, 4) is 0 Å². The van der Waals surface area contributed by atoms with Gasteiger partial charge in [0.1, 0.15) is 0 Å². The van der Waals surface area contributed by atoms with Gasteiger partial charge in [0.2, 0.25) is 0 Å². The van der Waals surface area contributed by atoms with Crippen molar-refractivity contribution in [1.82, 2.24) is 0 Å². The molecule has 0 atom stereocenters. The molecule has 0 aromatic heterocycles. The molecule has 16 heavy (non-hydrogen) atoms. The number of benzene rings is 2. The first-order valence-corrected chi connectivity index (χ1v) is 6.12. The molecule has 2 aromatic carbocycles. The Morgan fingerprint density at radius 2 is 1.19 bits per heavy atom. The quantitative estimate of drug-likeness (QED) is 0.672. The van der Waals surface area contributed by atoms with Crippen LogP contribution in [0.2, 0.25) is 0 Å². The van der Waals surface area contributed by atoms with Gasteiger partial charge in [-0.15, -0.1) is 0 Å². The van der Waals surface area contributed by atoms with Crippen LogP contribution in [0.5, 0.6) is 0 Å². The van der Waals surface area contributed by atoms with Crippen LogP contribution in [0, 0.1) is 0 Å². The van der Waals surface area contributed by atoms with E-state index in [-0.39, 0.29) is 0 Å². The molecule has 0 unspecified atom stereocenters. The van der Waals surface area contributed by atoms with Crippen molar-refractivity contribution >= 4 is 37.0 Å². The Labute approximate surface area is 109 Å². The van der Waals surface area contributed by atoms with E-state index in [0.717, 1.165) is 20.6 Å². The average Bonchev–Trinajstić information content (AvgIpc) is 2.39. The molecular formula is C14H10BrCl. The Morgan fingerprint density at radius 1 is 0.750 bits per heavy atom. The molecule has 2 heteroatoms. The van der Waals surface area contributed by atoms with Gasteiger partial charge in [-0.1, -0.05) is 72.3 Å². The molecule has 0 aliphatic heterocycles. The largest absolute Gasteiger partial charge is 0.0824 e. The minimum atomic E-state index is 0.729. The molecule has 0 fully saturated rings. The summed E-state index contributed by atoms with van der Waals surface area (Å²) < 4.78 is 0.918. The van der Waals surface area contributed by atoms with Crippen LogP contribution in [0.4, 0.5) is 0 Å². The Hall–Kier alpha value is -1.05. The minimum absolute atomic E-state index is 0.729. The van der Waals surface area contributed by atoms with Crippen LogP contribution in [0.25, 0.3) is 9.51 Å². The molecular weight excluding hydrogens is 284 g/mol. The van der Waals surface area contributed by atoms with E-state index in [0.29, 0.717) is 0 Å². The number of rotatable bonds is 2. The lowest BCUT2D eigenvalue weighted by atomic mass is 10.1. The maximum Gasteiger partial charge on any atom is 0.0626 e. The van der Waals surface area contributed by atoms with Crippen molar-refractivity contribution < 1.29 is 0 Å². The molecule has 2 aromatic rings. The van der Waals surface area contributed by atoms with Crippen LogP contribution in [0.3, 0.4) is 0 Å². The zero-order valence-corrected chi connectivity index (χ0v) is 10.9. The monoisotopic (exact) mass is 292 g/mol. The van der Waals surface area contributed by atoms with Crippen molar-refractivity contribution in [3.05, 3.63) is 71.8 Å². The molecule has 0 amide bonds. The van der Waals surface area contributed by atoms with E-state index in [1.807, 2.05) is 60.7 Å². The predicted octanol–water partition coefficient (Wildman–Crippen LogP) is 5.15. The fourth-order valence-corrected chi connectivity index (χ4v) is 2.15. The third-order valence-corrected chi connectivity index (χ3v) is 3.74. The molecule has 2 rings (SSSR count). The van der Waals surface area contributed by atoms with E-state index in [1.54, 1.807) is 0 Å². The molecule has 0 N–H and O–H groups in total. The van der Waals surface area contributed by atoms with Crippen LogP contribution in [-0.2, 0) is 0 Å². The second-order valence-electron chi connectivity index (χ2n) is 3.36. The fourth-order valence-electron chi connectivity index (χ4n) is 1.42. The highest BCUT2D eigenvalue weighted by molar-refractivity contribution is 9.15. The Kier molecular flexibility index (Phi) is 3.81. The van der Waals surface area contributed by atoms with Crippen LogP contribution in [-0.4, -0.2) is 0 Å². The van der Waals surface area contributed by atoms with Gasteiger partial charge in [-0.05, 0) is 27.1 Å². The summed E-state index contributed by atoms with van der Waals surface area (Å²) in [7, 11) is 0. The van der Waals surface area contributed by atoms with Gasteiger partial charge >= 0.3 is 0 Å². The highest BCUT2D eigenvalue weighted by Gasteiger charge is 2.05. The lowest BCUT2D eigenvalue weighted by Crippen LogP contribution is -1.81. The smallest absolute Gasteiger partial charge is 0.0626 e. The topological polar surface area (TPSA) is 0 Å². The molecule has 0 heterocycles. The summed E-state index contributed by atoms with van der Waals surface area (Å²) in [6, 6.07) is 19.9. The molecule has 0 saturated heterocycles. The van der Waals surface area contributed by atoms with Crippen molar-refractivity contribution in [3.63, 3.8) is 0 Å². The summed E-state index contributed by atoms with van der Waals surface area (Å²) >= 11 is 9.86. The van der Waals surface area contributed by atoms with Crippen LogP contribution in [0.1, 0.15) is 11.1 Å². The fraction of sp³-hybridized carbons (Fsp3) is 0. The Morgan fingerprint density at radius 3 is 1.69 bits per heavy atom. The average molecular weight is 294 g/mol. The summed E-state index contributed by atoms with van der Waals surface area (Å²) in [6.45, 7) is 0. The van der Waals surface area contributed by atoms with E-state index < -0.39 is 0 Å².